The molecule has 1 fully saturated rings. The van der Waals surface area contributed by atoms with E-state index in [9.17, 15) is 10.1 Å². The van der Waals surface area contributed by atoms with E-state index in [-0.39, 0.29) is 21.8 Å². The molecule has 5 nitrogen and oxygen atoms in total. The van der Waals surface area contributed by atoms with Crippen molar-refractivity contribution in [2.75, 3.05) is 18.0 Å². The van der Waals surface area contributed by atoms with Crippen LogP contribution in [-0.2, 0) is 10.1 Å². The molecule has 0 unspecified atom stereocenters. The summed E-state index contributed by atoms with van der Waals surface area (Å²) in [6.07, 6.45) is 0. The fourth-order valence-corrected chi connectivity index (χ4v) is 3.32. The maximum Gasteiger partial charge on any atom is 0.271 e. The van der Waals surface area contributed by atoms with Gasteiger partial charge >= 0.3 is 0 Å². The number of alkyl halides is 1. The highest BCUT2D eigenvalue weighted by molar-refractivity contribution is 9.08. The highest BCUT2D eigenvalue weighted by atomic mass is 79.9. The Hall–Kier alpha value is -1.14. The number of rotatable bonds is 3. The number of anilines is 1. The van der Waals surface area contributed by atoms with Crippen molar-refractivity contribution in [3.63, 3.8) is 0 Å². The molecule has 1 aliphatic rings. The Morgan fingerprint density at radius 2 is 1.81 bits per heavy atom. The first-order valence-electron chi connectivity index (χ1n) is 6.91. The highest BCUT2D eigenvalue weighted by Gasteiger charge is 2.38. The second-order valence-electron chi connectivity index (χ2n) is 6.73. The molecule has 1 aromatic rings. The Morgan fingerprint density at radius 3 is 2.29 bits per heavy atom. The largest absolute Gasteiger partial charge is 0.366 e. The van der Waals surface area contributed by atoms with E-state index in [4.69, 9.17) is 4.74 Å². The number of non-ortho nitro benzene ring substituents is 1. The number of morpholine rings is 1. The summed E-state index contributed by atoms with van der Waals surface area (Å²) in [5.41, 5.74) is 1.33. The van der Waals surface area contributed by atoms with Crippen molar-refractivity contribution in [2.45, 2.75) is 44.2 Å². The van der Waals surface area contributed by atoms with E-state index in [1.807, 2.05) is 33.8 Å². The van der Waals surface area contributed by atoms with E-state index in [1.54, 1.807) is 12.1 Å². The van der Waals surface area contributed by atoms with Crippen molar-refractivity contribution < 1.29 is 9.66 Å². The van der Waals surface area contributed by atoms with Crippen LogP contribution in [0.2, 0.25) is 0 Å². The van der Waals surface area contributed by atoms with Gasteiger partial charge in [-0.25, -0.2) is 0 Å². The van der Waals surface area contributed by atoms with Crippen molar-refractivity contribution >= 4 is 27.3 Å². The topological polar surface area (TPSA) is 55.6 Å². The van der Waals surface area contributed by atoms with E-state index in [2.05, 4.69) is 20.8 Å². The number of nitrogens with zero attached hydrogens (tertiary/aromatic N) is 2. The molecule has 1 saturated heterocycles. The maximum absolute atomic E-state index is 11.1. The quantitative estimate of drug-likeness (QED) is 0.468. The van der Waals surface area contributed by atoms with Crippen LogP contribution in [0.5, 0.6) is 0 Å². The van der Waals surface area contributed by atoms with Crippen LogP contribution >= 0.6 is 15.9 Å². The van der Waals surface area contributed by atoms with Gasteiger partial charge in [0.15, 0.2) is 0 Å². The van der Waals surface area contributed by atoms with Crippen LogP contribution in [0.3, 0.4) is 0 Å². The molecule has 0 aromatic heterocycles. The van der Waals surface area contributed by atoms with Gasteiger partial charge in [0.1, 0.15) is 0 Å². The molecular formula is C15H21BrN2O3. The summed E-state index contributed by atoms with van der Waals surface area (Å²) in [4.78, 5) is 12.9. The first-order valence-corrected chi connectivity index (χ1v) is 8.03. The molecule has 6 heteroatoms. The number of hydrogen-bond donors (Lipinski definition) is 0. The molecule has 1 aliphatic heterocycles. The lowest BCUT2D eigenvalue weighted by Crippen LogP contribution is -2.57. The molecule has 0 aliphatic carbocycles. The fourth-order valence-electron chi connectivity index (χ4n) is 2.99. The molecule has 1 aromatic carbocycles. The van der Waals surface area contributed by atoms with Crippen molar-refractivity contribution in [1.82, 2.24) is 0 Å². The van der Waals surface area contributed by atoms with Crippen molar-refractivity contribution in [1.29, 1.82) is 0 Å². The minimum atomic E-state index is -0.341. The second-order valence-corrected chi connectivity index (χ2v) is 7.29. The number of ether oxygens (including phenoxy) is 1. The van der Waals surface area contributed by atoms with Crippen LogP contribution in [0.1, 0.15) is 33.3 Å². The zero-order valence-corrected chi connectivity index (χ0v) is 14.4. The van der Waals surface area contributed by atoms with E-state index in [1.165, 1.54) is 0 Å². The van der Waals surface area contributed by atoms with Gasteiger partial charge in [0.25, 0.3) is 5.69 Å². The van der Waals surface area contributed by atoms with Crippen LogP contribution < -0.4 is 4.90 Å². The van der Waals surface area contributed by atoms with Gasteiger partial charge < -0.3 is 9.64 Å². The predicted octanol–water partition coefficient (Wildman–Crippen LogP) is 3.88. The molecule has 21 heavy (non-hydrogen) atoms. The molecule has 0 amide bonds. The Labute approximate surface area is 133 Å². The number of benzene rings is 1. The maximum atomic E-state index is 11.1. The molecular weight excluding hydrogens is 336 g/mol. The lowest BCUT2D eigenvalue weighted by Gasteiger charge is -2.48. The molecule has 0 radical (unpaired) electrons. The lowest BCUT2D eigenvalue weighted by molar-refractivity contribution is -0.384. The SMILES string of the molecule is CC1(C)CN(c2cc(CBr)cc([N+](=O)[O-])c2)CC(C)(C)O1. The first-order chi connectivity index (χ1) is 9.62. The van der Waals surface area contributed by atoms with Crippen LogP contribution in [0.4, 0.5) is 11.4 Å². The summed E-state index contributed by atoms with van der Waals surface area (Å²) in [7, 11) is 0. The number of nitro groups is 1. The average Bonchev–Trinajstić information content (AvgIpc) is 2.34. The summed E-state index contributed by atoms with van der Waals surface area (Å²) in [6, 6.07) is 5.25. The van der Waals surface area contributed by atoms with Crippen molar-refractivity contribution in [3.8, 4) is 0 Å². The summed E-state index contributed by atoms with van der Waals surface area (Å²) in [6.45, 7) is 9.60. The lowest BCUT2D eigenvalue weighted by atomic mass is 9.98. The second kappa shape index (κ2) is 5.57. The third-order valence-corrected chi connectivity index (χ3v) is 4.04. The molecule has 0 atom stereocenters. The summed E-state index contributed by atoms with van der Waals surface area (Å²) < 4.78 is 6.06. The van der Waals surface area contributed by atoms with Crippen LogP contribution in [0.25, 0.3) is 0 Å². The van der Waals surface area contributed by atoms with Gasteiger partial charge in [-0.2, -0.15) is 0 Å². The Morgan fingerprint density at radius 1 is 1.24 bits per heavy atom. The molecule has 2 rings (SSSR count). The van der Waals surface area contributed by atoms with E-state index in [0.717, 1.165) is 11.3 Å². The summed E-state index contributed by atoms with van der Waals surface area (Å²) >= 11 is 3.38. The van der Waals surface area contributed by atoms with E-state index < -0.39 is 0 Å². The molecule has 0 N–H and O–H groups in total. The van der Waals surface area contributed by atoms with Gasteiger partial charge in [-0.3, -0.25) is 10.1 Å². The summed E-state index contributed by atoms with van der Waals surface area (Å²) in [5, 5.41) is 11.7. The number of nitro benzene ring substituents is 1. The normalized spacial score (nSPS) is 20.3. The average molecular weight is 357 g/mol. The first kappa shape index (κ1) is 16.2. The van der Waals surface area contributed by atoms with Crippen molar-refractivity contribution in [3.05, 3.63) is 33.9 Å². The van der Waals surface area contributed by atoms with Gasteiger partial charge in [0.2, 0.25) is 0 Å². The molecule has 0 spiro atoms. The van der Waals surface area contributed by atoms with E-state index in [0.29, 0.717) is 18.4 Å². The minimum Gasteiger partial charge on any atom is -0.366 e. The highest BCUT2D eigenvalue weighted by Crippen LogP contribution is 2.33. The van der Waals surface area contributed by atoms with Crippen LogP contribution in [0, 0.1) is 10.1 Å². The summed E-state index contributed by atoms with van der Waals surface area (Å²) in [5.74, 6) is 0. The molecule has 0 saturated carbocycles. The van der Waals surface area contributed by atoms with Gasteiger partial charge in [0, 0.05) is 36.2 Å². The molecule has 0 bridgehead atoms. The number of halogens is 1. The monoisotopic (exact) mass is 356 g/mol. The smallest absolute Gasteiger partial charge is 0.271 e. The standard InChI is InChI=1S/C15H21BrN2O3/c1-14(2)9-17(10-15(3,4)21-14)12-5-11(8-16)6-13(7-12)18(19)20/h5-7H,8-10H2,1-4H3. The predicted molar refractivity (Wildman–Crippen MR) is 87.2 cm³/mol. The Kier molecular flexibility index (Phi) is 4.31. The minimum absolute atomic E-state index is 0.129. The third kappa shape index (κ3) is 3.95. The fraction of sp³-hybridized carbons (Fsp3) is 0.600. The van der Waals surface area contributed by atoms with Gasteiger partial charge in [-0.05, 0) is 39.3 Å². The zero-order valence-electron chi connectivity index (χ0n) is 12.9. The van der Waals surface area contributed by atoms with Gasteiger partial charge in [-0.1, -0.05) is 15.9 Å². The van der Waals surface area contributed by atoms with Gasteiger partial charge in [0.05, 0.1) is 16.1 Å². The van der Waals surface area contributed by atoms with Gasteiger partial charge in [-0.15, -0.1) is 0 Å². The number of hydrogen-bond acceptors (Lipinski definition) is 4. The van der Waals surface area contributed by atoms with Crippen LogP contribution in [0.15, 0.2) is 18.2 Å². The molecule has 116 valence electrons. The van der Waals surface area contributed by atoms with Crippen molar-refractivity contribution in [2.24, 2.45) is 0 Å². The molecule has 1 heterocycles. The Bertz CT molecular complexity index is 542. The Balaban J connectivity index is 2.40. The van der Waals surface area contributed by atoms with Crippen LogP contribution in [-0.4, -0.2) is 29.2 Å². The zero-order chi connectivity index (χ0) is 15.8. The van der Waals surface area contributed by atoms with E-state index >= 15 is 0 Å². The third-order valence-electron chi connectivity index (χ3n) is 3.39.